The highest BCUT2D eigenvalue weighted by molar-refractivity contribution is 9.10. The summed E-state index contributed by atoms with van der Waals surface area (Å²) in [5.41, 5.74) is 5.33. The molecule has 114 valence electrons. The van der Waals surface area contributed by atoms with Gasteiger partial charge >= 0.3 is 0 Å². The summed E-state index contributed by atoms with van der Waals surface area (Å²) in [5.74, 6) is -0.110. The zero-order chi connectivity index (χ0) is 14.6. The topological polar surface area (TPSA) is 68.3 Å². The van der Waals surface area contributed by atoms with Gasteiger partial charge in [-0.3, -0.25) is 9.59 Å². The number of carbonyl (C=O) groups is 1. The Morgan fingerprint density at radius 2 is 2.05 bits per heavy atom. The molecule has 1 amide bonds. The SMILES string of the molecule is CN(CC(C)(C)CN)C(=O)Cn1cc(Br)ccc1=O.Cl. The Labute approximate surface area is 133 Å². The van der Waals surface area contributed by atoms with Crippen LogP contribution in [0, 0.1) is 5.41 Å². The van der Waals surface area contributed by atoms with Crippen molar-refractivity contribution in [2.75, 3.05) is 20.1 Å². The first-order valence-electron chi connectivity index (χ1n) is 6.05. The van der Waals surface area contributed by atoms with Gasteiger partial charge in [-0.15, -0.1) is 12.4 Å². The van der Waals surface area contributed by atoms with Crippen molar-refractivity contribution in [3.63, 3.8) is 0 Å². The summed E-state index contributed by atoms with van der Waals surface area (Å²) >= 11 is 3.28. The van der Waals surface area contributed by atoms with E-state index in [2.05, 4.69) is 15.9 Å². The predicted molar refractivity (Wildman–Crippen MR) is 86.1 cm³/mol. The van der Waals surface area contributed by atoms with Crippen LogP contribution in [0.4, 0.5) is 0 Å². The third-order valence-corrected chi connectivity index (χ3v) is 3.37. The fraction of sp³-hybridized carbons (Fsp3) is 0.538. The summed E-state index contributed by atoms with van der Waals surface area (Å²) in [5, 5.41) is 0. The van der Waals surface area contributed by atoms with E-state index in [0.717, 1.165) is 4.47 Å². The van der Waals surface area contributed by atoms with Crippen LogP contribution in [0.5, 0.6) is 0 Å². The second kappa shape index (κ2) is 7.81. The minimum Gasteiger partial charge on any atom is -0.344 e. The number of pyridine rings is 1. The lowest BCUT2D eigenvalue weighted by Crippen LogP contribution is -2.41. The number of nitrogens with zero attached hydrogens (tertiary/aromatic N) is 2. The van der Waals surface area contributed by atoms with E-state index in [1.807, 2.05) is 13.8 Å². The molecule has 0 unspecified atom stereocenters. The monoisotopic (exact) mass is 365 g/mol. The van der Waals surface area contributed by atoms with Gasteiger partial charge in [-0.05, 0) is 34.0 Å². The molecule has 1 heterocycles. The van der Waals surface area contributed by atoms with Gasteiger partial charge in [0.15, 0.2) is 0 Å². The van der Waals surface area contributed by atoms with E-state index in [-0.39, 0.29) is 35.8 Å². The number of nitrogens with two attached hydrogens (primary N) is 1. The quantitative estimate of drug-likeness (QED) is 0.858. The first-order valence-corrected chi connectivity index (χ1v) is 6.84. The van der Waals surface area contributed by atoms with E-state index in [9.17, 15) is 9.59 Å². The number of amides is 1. The van der Waals surface area contributed by atoms with Crippen LogP contribution in [0.1, 0.15) is 13.8 Å². The standard InChI is InChI=1S/C13H20BrN3O2.ClH/c1-13(2,8-15)9-16(3)12(19)7-17-6-10(14)4-5-11(17)18;/h4-6H,7-9,15H2,1-3H3;1H. The van der Waals surface area contributed by atoms with Crippen molar-refractivity contribution in [3.8, 4) is 0 Å². The molecular weight excluding hydrogens is 346 g/mol. The van der Waals surface area contributed by atoms with Crippen molar-refractivity contribution in [1.82, 2.24) is 9.47 Å². The smallest absolute Gasteiger partial charge is 0.251 e. The molecule has 0 atom stereocenters. The summed E-state index contributed by atoms with van der Waals surface area (Å²) in [4.78, 5) is 25.3. The van der Waals surface area contributed by atoms with Gasteiger partial charge < -0.3 is 15.2 Å². The minimum absolute atomic E-state index is 0. The molecule has 0 fully saturated rings. The Morgan fingerprint density at radius 1 is 1.45 bits per heavy atom. The number of aromatic nitrogens is 1. The average molecular weight is 367 g/mol. The Kier molecular flexibility index (Phi) is 7.47. The zero-order valence-corrected chi connectivity index (χ0v) is 14.3. The molecule has 2 N–H and O–H groups in total. The van der Waals surface area contributed by atoms with E-state index in [4.69, 9.17) is 5.73 Å². The summed E-state index contributed by atoms with van der Waals surface area (Å²) in [6, 6.07) is 3.09. The highest BCUT2D eigenvalue weighted by Crippen LogP contribution is 2.14. The molecule has 1 aromatic heterocycles. The van der Waals surface area contributed by atoms with Crippen LogP contribution in [0.3, 0.4) is 0 Å². The molecule has 0 spiro atoms. The summed E-state index contributed by atoms with van der Waals surface area (Å²) in [6.45, 7) is 5.10. The lowest BCUT2D eigenvalue weighted by Gasteiger charge is -2.29. The molecule has 0 bridgehead atoms. The van der Waals surface area contributed by atoms with E-state index in [1.165, 1.54) is 10.6 Å². The molecule has 5 nitrogen and oxygen atoms in total. The third-order valence-electron chi connectivity index (χ3n) is 2.90. The van der Waals surface area contributed by atoms with E-state index in [1.54, 1.807) is 24.2 Å². The highest BCUT2D eigenvalue weighted by atomic mass is 79.9. The largest absolute Gasteiger partial charge is 0.344 e. The maximum Gasteiger partial charge on any atom is 0.251 e. The van der Waals surface area contributed by atoms with Crippen LogP contribution < -0.4 is 11.3 Å². The van der Waals surface area contributed by atoms with Crippen molar-refractivity contribution in [1.29, 1.82) is 0 Å². The van der Waals surface area contributed by atoms with Gasteiger partial charge in [-0.1, -0.05) is 13.8 Å². The third kappa shape index (κ3) is 5.64. The summed E-state index contributed by atoms with van der Waals surface area (Å²) in [6.07, 6.45) is 1.61. The van der Waals surface area contributed by atoms with Crippen LogP contribution in [-0.2, 0) is 11.3 Å². The molecule has 1 aromatic rings. The Hall–Kier alpha value is -0.850. The van der Waals surface area contributed by atoms with Crippen LogP contribution in [-0.4, -0.2) is 35.5 Å². The molecule has 0 aromatic carbocycles. The van der Waals surface area contributed by atoms with Crippen molar-refractivity contribution in [2.45, 2.75) is 20.4 Å². The van der Waals surface area contributed by atoms with Crippen molar-refractivity contribution < 1.29 is 4.79 Å². The number of rotatable bonds is 5. The summed E-state index contributed by atoms with van der Waals surface area (Å²) in [7, 11) is 1.72. The molecule has 0 saturated carbocycles. The van der Waals surface area contributed by atoms with E-state index in [0.29, 0.717) is 13.1 Å². The normalized spacial score (nSPS) is 10.8. The average Bonchev–Trinajstić information content (AvgIpc) is 2.33. The van der Waals surface area contributed by atoms with Gasteiger partial charge in [0.1, 0.15) is 6.54 Å². The van der Waals surface area contributed by atoms with Crippen LogP contribution in [0.2, 0.25) is 0 Å². The molecule has 20 heavy (non-hydrogen) atoms. The number of halogens is 2. The number of likely N-dealkylation sites (N-methyl/N-ethyl adjacent to an activating group) is 1. The van der Waals surface area contributed by atoms with Crippen LogP contribution in [0.15, 0.2) is 27.6 Å². The maximum absolute atomic E-state index is 12.1. The molecule has 0 saturated heterocycles. The van der Waals surface area contributed by atoms with Crippen LogP contribution in [0.25, 0.3) is 0 Å². The first-order chi connectivity index (χ1) is 8.75. The minimum atomic E-state index is -0.192. The molecular formula is C13H21BrClN3O2. The van der Waals surface area contributed by atoms with Gasteiger partial charge in [0.2, 0.25) is 5.91 Å². The van der Waals surface area contributed by atoms with Gasteiger partial charge in [-0.25, -0.2) is 0 Å². The van der Waals surface area contributed by atoms with Gasteiger partial charge in [0.05, 0.1) is 0 Å². The van der Waals surface area contributed by atoms with Gasteiger partial charge in [-0.2, -0.15) is 0 Å². The Bertz CT molecular complexity index is 517. The molecule has 0 radical (unpaired) electrons. The second-order valence-corrected chi connectivity index (χ2v) is 6.35. The maximum atomic E-state index is 12.1. The molecule has 0 aliphatic carbocycles. The molecule has 0 aliphatic rings. The van der Waals surface area contributed by atoms with Crippen molar-refractivity contribution >= 4 is 34.2 Å². The van der Waals surface area contributed by atoms with Gasteiger partial charge in [0.25, 0.3) is 5.56 Å². The number of hydrogen-bond acceptors (Lipinski definition) is 3. The fourth-order valence-corrected chi connectivity index (χ4v) is 2.07. The zero-order valence-electron chi connectivity index (χ0n) is 11.9. The van der Waals surface area contributed by atoms with Crippen LogP contribution >= 0.6 is 28.3 Å². The van der Waals surface area contributed by atoms with Crippen molar-refractivity contribution in [2.24, 2.45) is 11.1 Å². The predicted octanol–water partition coefficient (Wildman–Crippen LogP) is 1.48. The number of hydrogen-bond donors (Lipinski definition) is 1. The van der Waals surface area contributed by atoms with Gasteiger partial charge in [0, 0.05) is 30.3 Å². The summed E-state index contributed by atoms with van der Waals surface area (Å²) < 4.78 is 2.16. The van der Waals surface area contributed by atoms with E-state index < -0.39 is 0 Å². The highest BCUT2D eigenvalue weighted by Gasteiger charge is 2.21. The van der Waals surface area contributed by atoms with Crippen molar-refractivity contribution in [3.05, 3.63) is 33.2 Å². The molecule has 0 aliphatic heterocycles. The lowest BCUT2D eigenvalue weighted by atomic mass is 9.93. The molecule has 1 rings (SSSR count). The Morgan fingerprint density at radius 3 is 2.60 bits per heavy atom. The molecule has 7 heteroatoms. The fourth-order valence-electron chi connectivity index (χ4n) is 1.69. The number of carbonyl (C=O) groups excluding carboxylic acids is 1. The van der Waals surface area contributed by atoms with E-state index >= 15 is 0 Å². The lowest BCUT2D eigenvalue weighted by molar-refractivity contribution is -0.131. The Balaban J connectivity index is 0.00000361. The second-order valence-electron chi connectivity index (χ2n) is 5.43. The first kappa shape index (κ1) is 19.1.